The molecule has 0 aromatic heterocycles. The molecule has 5 heteroatoms. The fraction of sp³-hybridized carbons (Fsp3) is 0.364. The Hall–Kier alpha value is -2.27. The molecule has 142 valence electrons. The van der Waals surface area contributed by atoms with Crippen LogP contribution in [0.1, 0.15) is 66.2 Å². The van der Waals surface area contributed by atoms with Gasteiger partial charge in [-0.1, -0.05) is 39.0 Å². The van der Waals surface area contributed by atoms with Crippen LogP contribution >= 0.6 is 0 Å². The summed E-state index contributed by atoms with van der Waals surface area (Å²) in [7, 11) is -1.41. The van der Waals surface area contributed by atoms with Gasteiger partial charge in [-0.15, -0.1) is 0 Å². The first-order valence-electron chi connectivity index (χ1n) is 9.57. The van der Waals surface area contributed by atoms with Gasteiger partial charge in [0.2, 0.25) is 0 Å². The topological polar surface area (TPSA) is 54.5 Å². The van der Waals surface area contributed by atoms with Crippen molar-refractivity contribution in [3.8, 4) is 0 Å². The molecule has 0 saturated carbocycles. The fourth-order valence-electron chi connectivity index (χ4n) is 3.49. The number of unbranched alkanes of at least 4 members (excludes halogenated alkanes) is 5. The van der Waals surface area contributed by atoms with Gasteiger partial charge in [0, 0.05) is 17.7 Å². The maximum Gasteiger partial charge on any atom is 0.150 e. The Bertz CT molecular complexity index is 801. The smallest absolute Gasteiger partial charge is 0.150 e. The molecule has 0 saturated heterocycles. The van der Waals surface area contributed by atoms with E-state index in [1.54, 1.807) is 24.3 Å². The Balaban J connectivity index is 1.90. The number of rotatable bonds is 9. The molecule has 0 N–H and O–H groups in total. The van der Waals surface area contributed by atoms with Crippen molar-refractivity contribution in [2.24, 2.45) is 0 Å². The lowest BCUT2D eigenvalue weighted by Gasteiger charge is -2.33. The zero-order valence-corrected chi connectivity index (χ0v) is 16.5. The average molecular weight is 384 g/mol. The maximum atomic E-state index is 13.1. The monoisotopic (exact) mass is 383 g/mol. The molecule has 0 radical (unpaired) electrons. The van der Waals surface area contributed by atoms with Crippen molar-refractivity contribution in [2.75, 3.05) is 11.4 Å². The molecule has 0 unspecified atom stereocenters. The molecule has 2 aromatic rings. The van der Waals surface area contributed by atoms with E-state index in [9.17, 15) is 13.8 Å². The number of carbonyl (C=O) groups is 2. The van der Waals surface area contributed by atoms with E-state index in [1.165, 1.54) is 25.7 Å². The van der Waals surface area contributed by atoms with Crippen LogP contribution in [0.25, 0.3) is 0 Å². The van der Waals surface area contributed by atoms with Gasteiger partial charge in [0.15, 0.2) is 0 Å². The van der Waals surface area contributed by atoms with Gasteiger partial charge >= 0.3 is 0 Å². The normalized spacial score (nSPS) is 13.1. The highest BCUT2D eigenvalue weighted by Gasteiger charge is 2.28. The van der Waals surface area contributed by atoms with Crippen LogP contribution in [0.5, 0.6) is 0 Å². The fourth-order valence-corrected chi connectivity index (χ4v) is 4.95. The molecule has 1 aliphatic rings. The molecule has 4 nitrogen and oxygen atoms in total. The quantitative estimate of drug-likeness (QED) is 0.436. The molecule has 0 spiro atoms. The summed E-state index contributed by atoms with van der Waals surface area (Å²) in [5.41, 5.74) is 2.80. The molecule has 3 rings (SSSR count). The zero-order chi connectivity index (χ0) is 19.2. The van der Waals surface area contributed by atoms with Crippen LogP contribution in [0, 0.1) is 0 Å². The highest BCUT2D eigenvalue weighted by molar-refractivity contribution is 7.85. The molecule has 0 aliphatic carbocycles. The number of carbonyl (C=O) groups excluding carboxylic acids is 2. The largest absolute Gasteiger partial charge is 0.339 e. The van der Waals surface area contributed by atoms with E-state index in [0.717, 1.165) is 43.3 Å². The van der Waals surface area contributed by atoms with Gasteiger partial charge in [0.1, 0.15) is 12.6 Å². The second-order valence-corrected chi connectivity index (χ2v) is 8.30. The Labute approximate surface area is 163 Å². The predicted octanol–water partition coefficient (Wildman–Crippen LogP) is 5.29. The molecule has 0 bridgehead atoms. The van der Waals surface area contributed by atoms with E-state index in [-0.39, 0.29) is 0 Å². The van der Waals surface area contributed by atoms with E-state index in [0.29, 0.717) is 20.9 Å². The van der Waals surface area contributed by atoms with Crippen LogP contribution in [-0.4, -0.2) is 23.3 Å². The van der Waals surface area contributed by atoms with Gasteiger partial charge in [-0.05, 0) is 42.8 Å². The lowest BCUT2D eigenvalue weighted by Crippen LogP contribution is -2.25. The summed E-state index contributed by atoms with van der Waals surface area (Å²) < 4.78 is 13.1. The maximum absolute atomic E-state index is 13.1. The van der Waals surface area contributed by atoms with Crippen LogP contribution in [0.2, 0.25) is 0 Å². The molecular formula is C22H25NO3S. The minimum Gasteiger partial charge on any atom is -0.339 e. The van der Waals surface area contributed by atoms with E-state index in [4.69, 9.17) is 0 Å². The molecule has 2 aromatic carbocycles. The first kappa shape index (κ1) is 19.5. The molecule has 0 atom stereocenters. The first-order chi connectivity index (χ1) is 13.2. The van der Waals surface area contributed by atoms with Crippen LogP contribution in [0.3, 0.4) is 0 Å². The Morgan fingerprint density at radius 1 is 0.815 bits per heavy atom. The lowest BCUT2D eigenvalue weighted by atomic mass is 10.1. The van der Waals surface area contributed by atoms with Gasteiger partial charge in [0.25, 0.3) is 0 Å². The third-order valence-corrected chi connectivity index (χ3v) is 6.41. The van der Waals surface area contributed by atoms with E-state index < -0.39 is 10.8 Å². The van der Waals surface area contributed by atoms with Crippen molar-refractivity contribution >= 4 is 34.7 Å². The first-order valence-corrected chi connectivity index (χ1v) is 10.7. The summed E-state index contributed by atoms with van der Waals surface area (Å²) in [4.78, 5) is 25.8. The van der Waals surface area contributed by atoms with Crippen molar-refractivity contribution in [3.63, 3.8) is 0 Å². The summed E-state index contributed by atoms with van der Waals surface area (Å²) in [5, 5.41) is 0. The summed E-state index contributed by atoms with van der Waals surface area (Å²) in [6, 6.07) is 10.7. The Kier molecular flexibility index (Phi) is 6.56. The van der Waals surface area contributed by atoms with Gasteiger partial charge in [-0.3, -0.25) is 9.59 Å². The molecular weight excluding hydrogens is 358 g/mol. The van der Waals surface area contributed by atoms with Crippen molar-refractivity contribution in [1.29, 1.82) is 0 Å². The second-order valence-electron chi connectivity index (χ2n) is 6.88. The van der Waals surface area contributed by atoms with Gasteiger partial charge in [0.05, 0.1) is 32.0 Å². The van der Waals surface area contributed by atoms with Gasteiger partial charge < -0.3 is 4.90 Å². The number of anilines is 2. The van der Waals surface area contributed by atoms with Crippen LogP contribution in [0.15, 0.2) is 46.2 Å². The van der Waals surface area contributed by atoms with Gasteiger partial charge in [-0.2, -0.15) is 0 Å². The van der Waals surface area contributed by atoms with Crippen molar-refractivity contribution in [3.05, 3.63) is 47.5 Å². The highest BCUT2D eigenvalue weighted by Crippen LogP contribution is 2.42. The number of hydrogen-bond acceptors (Lipinski definition) is 4. The van der Waals surface area contributed by atoms with Crippen molar-refractivity contribution in [1.82, 2.24) is 0 Å². The number of hydrogen-bond donors (Lipinski definition) is 0. The van der Waals surface area contributed by atoms with Crippen molar-refractivity contribution < 1.29 is 13.8 Å². The van der Waals surface area contributed by atoms with E-state index >= 15 is 0 Å². The third kappa shape index (κ3) is 4.19. The number of benzene rings is 2. The predicted molar refractivity (Wildman–Crippen MR) is 109 cm³/mol. The minimum absolute atomic E-state index is 0.511. The Morgan fingerprint density at radius 3 is 1.85 bits per heavy atom. The SMILES string of the molecule is CCCCCCCCN1c2ccc(C=O)cc2S(=O)c2cc(C=O)ccc21. The molecule has 0 fully saturated rings. The average Bonchev–Trinajstić information content (AvgIpc) is 2.72. The molecule has 1 aliphatic heterocycles. The summed E-state index contributed by atoms with van der Waals surface area (Å²) >= 11 is 0. The van der Waals surface area contributed by atoms with Crippen molar-refractivity contribution in [2.45, 2.75) is 55.2 Å². The molecule has 27 heavy (non-hydrogen) atoms. The Morgan fingerprint density at radius 2 is 1.33 bits per heavy atom. The van der Waals surface area contributed by atoms with Crippen LogP contribution in [0.4, 0.5) is 11.4 Å². The van der Waals surface area contributed by atoms with Crippen LogP contribution < -0.4 is 4.90 Å². The molecule has 1 heterocycles. The minimum atomic E-state index is -1.41. The number of aldehydes is 2. The van der Waals surface area contributed by atoms with E-state index in [1.807, 2.05) is 12.1 Å². The standard InChI is InChI=1S/C22H25NO3S/c1-2-3-4-5-6-7-12-23-19-10-8-17(15-24)13-21(19)27(26)22-14-18(16-25)9-11-20(22)23/h8-11,13-16H,2-7,12H2,1H3. The van der Waals surface area contributed by atoms with Gasteiger partial charge in [-0.25, -0.2) is 4.21 Å². The van der Waals surface area contributed by atoms with E-state index in [2.05, 4.69) is 11.8 Å². The zero-order valence-electron chi connectivity index (χ0n) is 15.6. The number of nitrogens with zero attached hydrogens (tertiary/aromatic N) is 1. The number of fused-ring (bicyclic) bond motifs is 2. The van der Waals surface area contributed by atoms with Crippen LogP contribution in [-0.2, 0) is 10.8 Å². The molecule has 0 amide bonds. The summed E-state index contributed by atoms with van der Waals surface area (Å²) in [6.07, 6.45) is 8.73. The lowest BCUT2D eigenvalue weighted by molar-refractivity contribution is 0.111. The third-order valence-electron chi connectivity index (χ3n) is 4.96. The highest BCUT2D eigenvalue weighted by atomic mass is 32.2. The summed E-state index contributed by atoms with van der Waals surface area (Å²) in [5.74, 6) is 0. The summed E-state index contributed by atoms with van der Waals surface area (Å²) in [6.45, 7) is 3.03. The second kappa shape index (κ2) is 9.09.